The molecule has 1 aliphatic heterocycles. The molecule has 0 saturated carbocycles. The highest BCUT2D eigenvalue weighted by molar-refractivity contribution is 5.93. The van der Waals surface area contributed by atoms with E-state index >= 15 is 0 Å². The maximum atomic E-state index is 12.1. The summed E-state index contributed by atoms with van der Waals surface area (Å²) >= 11 is 0. The average Bonchev–Trinajstić information content (AvgIpc) is 2.85. The van der Waals surface area contributed by atoms with Crippen molar-refractivity contribution in [3.8, 4) is 6.07 Å². The Morgan fingerprint density at radius 1 is 1.43 bits per heavy atom. The van der Waals surface area contributed by atoms with Gasteiger partial charge in [0.25, 0.3) is 0 Å². The largest absolute Gasteiger partial charge is 0.481 e. The molecule has 1 atom stereocenters. The molecular formula is C15H17N3O3. The number of carbonyl (C=O) groups is 2. The van der Waals surface area contributed by atoms with Gasteiger partial charge in [0.05, 0.1) is 24.2 Å². The number of anilines is 1. The molecule has 2 N–H and O–H groups in total. The highest BCUT2D eigenvalue weighted by Gasteiger charge is 2.28. The summed E-state index contributed by atoms with van der Waals surface area (Å²) in [4.78, 5) is 24.7. The molecule has 6 nitrogen and oxygen atoms in total. The van der Waals surface area contributed by atoms with Crippen molar-refractivity contribution >= 4 is 17.6 Å². The number of likely N-dealkylation sites (tertiary alicyclic amines) is 1. The van der Waals surface area contributed by atoms with Crippen molar-refractivity contribution in [1.29, 1.82) is 5.26 Å². The van der Waals surface area contributed by atoms with Gasteiger partial charge >= 0.3 is 5.97 Å². The first-order valence-corrected chi connectivity index (χ1v) is 6.85. The molecule has 110 valence electrons. The van der Waals surface area contributed by atoms with Crippen molar-refractivity contribution < 1.29 is 14.7 Å². The van der Waals surface area contributed by atoms with Crippen LogP contribution in [0.4, 0.5) is 5.69 Å². The van der Waals surface area contributed by atoms with Crippen LogP contribution in [0.3, 0.4) is 0 Å². The van der Waals surface area contributed by atoms with Crippen LogP contribution < -0.4 is 5.32 Å². The lowest BCUT2D eigenvalue weighted by atomic mass is 10.1. The minimum Gasteiger partial charge on any atom is -0.481 e. The van der Waals surface area contributed by atoms with E-state index in [1.807, 2.05) is 11.0 Å². The van der Waals surface area contributed by atoms with Crippen LogP contribution in [0.2, 0.25) is 0 Å². The summed E-state index contributed by atoms with van der Waals surface area (Å²) in [6, 6.07) is 8.74. The SMILES string of the molecule is N#Cc1ccccc1NC(=O)CN1CCCC1CC(=O)O. The number of aliphatic carboxylic acids is 1. The van der Waals surface area contributed by atoms with Gasteiger partial charge in [-0.25, -0.2) is 0 Å². The van der Waals surface area contributed by atoms with Crippen LogP contribution in [0, 0.1) is 11.3 Å². The Kier molecular flexibility index (Phi) is 4.90. The van der Waals surface area contributed by atoms with Gasteiger partial charge in [-0.1, -0.05) is 12.1 Å². The predicted octanol–water partition coefficient (Wildman–Crippen LogP) is 1.44. The van der Waals surface area contributed by atoms with Crippen molar-refractivity contribution in [2.45, 2.75) is 25.3 Å². The molecule has 0 bridgehead atoms. The minimum atomic E-state index is -0.845. The van der Waals surface area contributed by atoms with Gasteiger partial charge < -0.3 is 10.4 Å². The number of nitrogens with zero attached hydrogens (tertiary/aromatic N) is 2. The summed E-state index contributed by atoms with van der Waals surface area (Å²) in [5.74, 6) is -1.07. The first-order valence-electron chi connectivity index (χ1n) is 6.85. The Morgan fingerprint density at radius 2 is 2.19 bits per heavy atom. The van der Waals surface area contributed by atoms with Crippen LogP contribution >= 0.6 is 0 Å². The summed E-state index contributed by atoms with van der Waals surface area (Å²) < 4.78 is 0. The predicted molar refractivity (Wildman–Crippen MR) is 76.6 cm³/mol. The van der Waals surface area contributed by atoms with E-state index in [4.69, 9.17) is 10.4 Å². The quantitative estimate of drug-likeness (QED) is 0.854. The lowest BCUT2D eigenvalue weighted by Crippen LogP contribution is -2.37. The molecule has 1 fully saturated rings. The smallest absolute Gasteiger partial charge is 0.304 e. The molecule has 0 aliphatic carbocycles. The van der Waals surface area contributed by atoms with Crippen molar-refractivity contribution in [3.05, 3.63) is 29.8 Å². The Balaban J connectivity index is 1.95. The lowest BCUT2D eigenvalue weighted by Gasteiger charge is -2.22. The van der Waals surface area contributed by atoms with E-state index in [2.05, 4.69) is 5.32 Å². The van der Waals surface area contributed by atoms with Crippen LogP contribution in [-0.2, 0) is 9.59 Å². The number of hydrogen-bond donors (Lipinski definition) is 2. The molecule has 6 heteroatoms. The number of carboxylic acid groups (broad SMARTS) is 1. The molecule has 2 rings (SSSR count). The zero-order valence-electron chi connectivity index (χ0n) is 11.6. The first kappa shape index (κ1) is 15.0. The third kappa shape index (κ3) is 4.04. The second-order valence-electron chi connectivity index (χ2n) is 5.07. The molecule has 1 aromatic carbocycles. The fourth-order valence-electron chi connectivity index (χ4n) is 2.60. The molecule has 0 spiro atoms. The third-order valence-corrected chi connectivity index (χ3v) is 3.58. The van der Waals surface area contributed by atoms with Crippen LogP contribution in [0.1, 0.15) is 24.8 Å². The highest BCUT2D eigenvalue weighted by Crippen LogP contribution is 2.20. The molecule has 0 aromatic heterocycles. The summed E-state index contributed by atoms with van der Waals surface area (Å²) in [7, 11) is 0. The number of para-hydroxylation sites is 1. The number of nitriles is 1. The maximum Gasteiger partial charge on any atom is 0.304 e. The van der Waals surface area contributed by atoms with Crippen molar-refractivity contribution in [2.24, 2.45) is 0 Å². The van der Waals surface area contributed by atoms with Crippen LogP contribution in [0.15, 0.2) is 24.3 Å². The fraction of sp³-hybridized carbons (Fsp3) is 0.400. The number of carbonyl (C=O) groups excluding carboxylic acids is 1. The summed E-state index contributed by atoms with van der Waals surface area (Å²) in [5, 5.41) is 20.6. The molecule has 1 heterocycles. The second kappa shape index (κ2) is 6.86. The Bertz CT molecular complexity index is 580. The van der Waals surface area contributed by atoms with E-state index in [1.54, 1.807) is 24.3 Å². The van der Waals surface area contributed by atoms with Crippen LogP contribution in [0.25, 0.3) is 0 Å². The Labute approximate surface area is 123 Å². The van der Waals surface area contributed by atoms with Crippen LogP contribution in [0.5, 0.6) is 0 Å². The van der Waals surface area contributed by atoms with Gasteiger partial charge in [0, 0.05) is 6.04 Å². The first-order chi connectivity index (χ1) is 10.1. The van der Waals surface area contributed by atoms with Gasteiger partial charge in [-0.05, 0) is 31.5 Å². The molecule has 1 aromatic rings. The van der Waals surface area contributed by atoms with E-state index in [9.17, 15) is 9.59 Å². The highest BCUT2D eigenvalue weighted by atomic mass is 16.4. The molecular weight excluding hydrogens is 270 g/mol. The van der Waals surface area contributed by atoms with E-state index in [-0.39, 0.29) is 24.9 Å². The van der Waals surface area contributed by atoms with Crippen molar-refractivity contribution in [3.63, 3.8) is 0 Å². The molecule has 1 amide bonds. The lowest BCUT2D eigenvalue weighted by molar-refractivity contribution is -0.138. The number of rotatable bonds is 5. The third-order valence-electron chi connectivity index (χ3n) is 3.58. The number of benzene rings is 1. The van der Waals surface area contributed by atoms with Gasteiger partial charge in [-0.3, -0.25) is 14.5 Å². The normalized spacial score (nSPS) is 18.1. The van der Waals surface area contributed by atoms with Crippen LogP contribution in [-0.4, -0.2) is 41.0 Å². The van der Waals surface area contributed by atoms with Gasteiger partial charge in [0.2, 0.25) is 5.91 Å². The van der Waals surface area contributed by atoms with E-state index in [0.717, 1.165) is 19.4 Å². The standard InChI is InChI=1S/C15H17N3O3/c16-9-11-4-1-2-6-13(11)17-14(19)10-18-7-3-5-12(18)8-15(20)21/h1-2,4,6,12H,3,5,7-8,10H2,(H,17,19)(H,20,21). The number of amides is 1. The Hall–Kier alpha value is -2.39. The summed E-state index contributed by atoms with van der Waals surface area (Å²) in [6.07, 6.45) is 1.76. The van der Waals surface area contributed by atoms with Gasteiger partial charge in [-0.2, -0.15) is 5.26 Å². The van der Waals surface area contributed by atoms with E-state index in [0.29, 0.717) is 11.3 Å². The number of nitrogens with one attached hydrogen (secondary N) is 1. The molecule has 1 aliphatic rings. The number of carboxylic acids is 1. The monoisotopic (exact) mass is 287 g/mol. The van der Waals surface area contributed by atoms with E-state index < -0.39 is 5.97 Å². The average molecular weight is 287 g/mol. The zero-order chi connectivity index (χ0) is 15.2. The maximum absolute atomic E-state index is 12.1. The fourth-order valence-corrected chi connectivity index (χ4v) is 2.60. The molecule has 21 heavy (non-hydrogen) atoms. The second-order valence-corrected chi connectivity index (χ2v) is 5.07. The molecule has 0 radical (unpaired) electrons. The van der Waals surface area contributed by atoms with Gasteiger partial charge in [0.15, 0.2) is 0 Å². The minimum absolute atomic E-state index is 0.0576. The van der Waals surface area contributed by atoms with Crippen molar-refractivity contribution in [2.75, 3.05) is 18.4 Å². The molecule has 1 saturated heterocycles. The summed E-state index contributed by atoms with van der Waals surface area (Å²) in [6.45, 7) is 0.878. The summed E-state index contributed by atoms with van der Waals surface area (Å²) in [5.41, 5.74) is 0.897. The molecule has 1 unspecified atom stereocenters. The van der Waals surface area contributed by atoms with Crippen molar-refractivity contribution in [1.82, 2.24) is 4.90 Å². The zero-order valence-corrected chi connectivity index (χ0v) is 11.6. The van der Waals surface area contributed by atoms with E-state index in [1.165, 1.54) is 0 Å². The van der Waals surface area contributed by atoms with Gasteiger partial charge in [0.1, 0.15) is 6.07 Å². The Morgan fingerprint density at radius 3 is 2.90 bits per heavy atom. The topological polar surface area (TPSA) is 93.4 Å². The number of hydrogen-bond acceptors (Lipinski definition) is 4. The van der Waals surface area contributed by atoms with Gasteiger partial charge in [-0.15, -0.1) is 0 Å².